The minimum Gasteiger partial charge on any atom is -0.322 e. The van der Waals surface area contributed by atoms with E-state index in [4.69, 9.17) is 0 Å². The second-order valence-electron chi connectivity index (χ2n) is 6.07. The van der Waals surface area contributed by atoms with E-state index in [1.807, 2.05) is 18.4 Å². The van der Waals surface area contributed by atoms with Crippen molar-refractivity contribution in [1.82, 2.24) is 24.4 Å². The van der Waals surface area contributed by atoms with Gasteiger partial charge in [0.1, 0.15) is 0 Å². The standard InChI is InChI=1S/C14H21N5O2/c1-9(2)7-18-12-11(13(20)17-14(18)21)19(8-16-12)10-3-5-15-6-4-10/h8-10,15H,3-7H2,1-2H3,(H,17,20,21). The van der Waals surface area contributed by atoms with Crippen LogP contribution in [0.2, 0.25) is 0 Å². The zero-order valence-electron chi connectivity index (χ0n) is 12.4. The van der Waals surface area contributed by atoms with Gasteiger partial charge < -0.3 is 9.88 Å². The van der Waals surface area contributed by atoms with Gasteiger partial charge in [0.05, 0.1) is 6.33 Å². The van der Waals surface area contributed by atoms with Crippen LogP contribution in [0.15, 0.2) is 15.9 Å². The third-order valence-electron chi connectivity index (χ3n) is 3.96. The van der Waals surface area contributed by atoms with E-state index in [9.17, 15) is 9.59 Å². The Labute approximate surface area is 122 Å². The second kappa shape index (κ2) is 5.48. The Balaban J connectivity index is 2.16. The third-order valence-corrected chi connectivity index (χ3v) is 3.96. The van der Waals surface area contributed by atoms with Crippen molar-refractivity contribution in [3.63, 3.8) is 0 Å². The average molecular weight is 291 g/mol. The summed E-state index contributed by atoms with van der Waals surface area (Å²) in [6.07, 6.45) is 3.63. The molecule has 0 amide bonds. The maximum absolute atomic E-state index is 12.2. The number of rotatable bonds is 3. The molecule has 0 spiro atoms. The zero-order valence-corrected chi connectivity index (χ0v) is 12.4. The fourth-order valence-corrected chi connectivity index (χ4v) is 2.98. The summed E-state index contributed by atoms with van der Waals surface area (Å²) in [6.45, 7) is 6.50. The smallest absolute Gasteiger partial charge is 0.322 e. The Morgan fingerprint density at radius 3 is 2.71 bits per heavy atom. The van der Waals surface area contributed by atoms with Crippen LogP contribution in [-0.4, -0.2) is 32.2 Å². The molecule has 1 aliphatic heterocycles. The van der Waals surface area contributed by atoms with Crippen LogP contribution in [0.4, 0.5) is 0 Å². The summed E-state index contributed by atoms with van der Waals surface area (Å²) in [5, 5.41) is 3.31. The van der Waals surface area contributed by atoms with Gasteiger partial charge in [-0.15, -0.1) is 0 Å². The average Bonchev–Trinajstić information content (AvgIpc) is 2.89. The van der Waals surface area contributed by atoms with Crippen molar-refractivity contribution >= 4 is 11.2 Å². The lowest BCUT2D eigenvalue weighted by molar-refractivity contribution is 0.374. The van der Waals surface area contributed by atoms with E-state index >= 15 is 0 Å². The highest BCUT2D eigenvalue weighted by molar-refractivity contribution is 5.70. The molecule has 1 fully saturated rings. The number of imidazole rings is 1. The SMILES string of the molecule is CC(C)Cn1c(=O)[nH]c(=O)c2c1ncn2C1CCNCC1. The van der Waals surface area contributed by atoms with Gasteiger partial charge in [0.15, 0.2) is 11.2 Å². The number of hydrogen-bond acceptors (Lipinski definition) is 4. The van der Waals surface area contributed by atoms with Crippen molar-refractivity contribution in [2.24, 2.45) is 5.92 Å². The van der Waals surface area contributed by atoms with E-state index in [2.05, 4.69) is 15.3 Å². The Bertz CT molecular complexity index is 749. The largest absolute Gasteiger partial charge is 0.330 e. The lowest BCUT2D eigenvalue weighted by atomic mass is 10.1. The monoisotopic (exact) mass is 291 g/mol. The molecule has 7 heteroatoms. The molecule has 0 aromatic carbocycles. The molecule has 0 aliphatic carbocycles. The molecule has 7 nitrogen and oxygen atoms in total. The van der Waals surface area contributed by atoms with Crippen LogP contribution in [0.25, 0.3) is 11.2 Å². The minimum absolute atomic E-state index is 0.266. The number of fused-ring (bicyclic) bond motifs is 1. The van der Waals surface area contributed by atoms with Crippen molar-refractivity contribution < 1.29 is 0 Å². The van der Waals surface area contributed by atoms with E-state index in [0.29, 0.717) is 23.6 Å². The molecule has 2 N–H and O–H groups in total. The molecule has 0 saturated carbocycles. The van der Waals surface area contributed by atoms with Crippen LogP contribution in [0.3, 0.4) is 0 Å². The summed E-state index contributed by atoms with van der Waals surface area (Å²) < 4.78 is 3.50. The van der Waals surface area contributed by atoms with Gasteiger partial charge in [-0.1, -0.05) is 13.8 Å². The summed E-state index contributed by atoms with van der Waals surface area (Å²) in [5.41, 5.74) is 0.293. The lowest BCUT2D eigenvalue weighted by Gasteiger charge is -2.24. The molecule has 3 heterocycles. The highest BCUT2D eigenvalue weighted by Gasteiger charge is 2.21. The van der Waals surface area contributed by atoms with Gasteiger partial charge in [0.2, 0.25) is 0 Å². The van der Waals surface area contributed by atoms with E-state index in [-0.39, 0.29) is 17.3 Å². The third kappa shape index (κ3) is 2.53. The van der Waals surface area contributed by atoms with Gasteiger partial charge >= 0.3 is 5.69 Å². The summed E-state index contributed by atoms with van der Waals surface area (Å²) in [4.78, 5) is 31.0. The van der Waals surface area contributed by atoms with Gasteiger partial charge in [-0.2, -0.15) is 0 Å². The van der Waals surface area contributed by atoms with Gasteiger partial charge in [-0.05, 0) is 31.8 Å². The number of aromatic nitrogens is 4. The minimum atomic E-state index is -0.378. The first-order valence-electron chi connectivity index (χ1n) is 7.48. The van der Waals surface area contributed by atoms with Gasteiger partial charge in [0.25, 0.3) is 5.56 Å². The molecule has 2 aromatic heterocycles. The zero-order chi connectivity index (χ0) is 15.0. The molecular formula is C14H21N5O2. The molecule has 0 radical (unpaired) electrons. The van der Waals surface area contributed by atoms with Crippen LogP contribution in [-0.2, 0) is 6.54 Å². The molecule has 3 rings (SSSR count). The van der Waals surface area contributed by atoms with E-state index in [1.165, 1.54) is 0 Å². The van der Waals surface area contributed by atoms with Gasteiger partial charge in [0, 0.05) is 12.6 Å². The number of aromatic amines is 1. The lowest BCUT2D eigenvalue weighted by Crippen LogP contribution is -2.34. The van der Waals surface area contributed by atoms with Crippen LogP contribution in [0.1, 0.15) is 32.7 Å². The van der Waals surface area contributed by atoms with Crippen LogP contribution in [0, 0.1) is 5.92 Å². The van der Waals surface area contributed by atoms with Crippen molar-refractivity contribution in [2.45, 2.75) is 39.3 Å². The van der Waals surface area contributed by atoms with Crippen LogP contribution in [0.5, 0.6) is 0 Å². The first kappa shape index (κ1) is 14.1. The fourth-order valence-electron chi connectivity index (χ4n) is 2.98. The van der Waals surface area contributed by atoms with Gasteiger partial charge in [-0.3, -0.25) is 14.3 Å². The van der Waals surface area contributed by atoms with Crippen molar-refractivity contribution in [2.75, 3.05) is 13.1 Å². The Kier molecular flexibility index (Phi) is 3.67. The van der Waals surface area contributed by atoms with Crippen molar-refractivity contribution in [3.05, 3.63) is 27.2 Å². The molecule has 1 saturated heterocycles. The van der Waals surface area contributed by atoms with E-state index < -0.39 is 0 Å². The van der Waals surface area contributed by atoms with E-state index in [1.54, 1.807) is 10.9 Å². The number of piperidine rings is 1. The molecular weight excluding hydrogens is 270 g/mol. The van der Waals surface area contributed by atoms with E-state index in [0.717, 1.165) is 25.9 Å². The summed E-state index contributed by atoms with van der Waals surface area (Å²) in [6, 6.07) is 0.266. The van der Waals surface area contributed by atoms with Crippen LogP contribution >= 0.6 is 0 Å². The number of nitrogens with zero attached hydrogens (tertiary/aromatic N) is 3. The maximum atomic E-state index is 12.2. The summed E-state index contributed by atoms with van der Waals surface area (Å²) in [7, 11) is 0. The molecule has 21 heavy (non-hydrogen) atoms. The predicted molar refractivity (Wildman–Crippen MR) is 80.6 cm³/mol. The number of hydrogen-bond donors (Lipinski definition) is 2. The highest BCUT2D eigenvalue weighted by atomic mass is 16.2. The Morgan fingerprint density at radius 1 is 1.33 bits per heavy atom. The summed E-state index contributed by atoms with van der Waals surface area (Å²) in [5.74, 6) is 0.306. The first-order chi connectivity index (χ1) is 10.1. The van der Waals surface area contributed by atoms with Gasteiger partial charge in [-0.25, -0.2) is 9.78 Å². The maximum Gasteiger partial charge on any atom is 0.330 e. The van der Waals surface area contributed by atoms with Crippen molar-refractivity contribution in [1.29, 1.82) is 0 Å². The molecule has 2 aromatic rings. The Morgan fingerprint density at radius 2 is 2.05 bits per heavy atom. The van der Waals surface area contributed by atoms with Crippen LogP contribution < -0.4 is 16.6 Å². The Hall–Kier alpha value is -1.89. The normalized spacial score (nSPS) is 16.9. The predicted octanol–water partition coefficient (Wildman–Crippen LogP) is 0.467. The first-order valence-corrected chi connectivity index (χ1v) is 7.48. The topological polar surface area (TPSA) is 84.7 Å². The molecule has 0 bridgehead atoms. The second-order valence-corrected chi connectivity index (χ2v) is 6.07. The highest BCUT2D eigenvalue weighted by Crippen LogP contribution is 2.21. The van der Waals surface area contributed by atoms with Crippen molar-refractivity contribution in [3.8, 4) is 0 Å². The quantitative estimate of drug-likeness (QED) is 0.861. The molecule has 114 valence electrons. The molecule has 0 unspecified atom stereocenters. The molecule has 0 atom stereocenters. The number of nitrogens with one attached hydrogen (secondary N) is 2. The fraction of sp³-hybridized carbons (Fsp3) is 0.643. The summed E-state index contributed by atoms with van der Waals surface area (Å²) >= 11 is 0. The molecule has 1 aliphatic rings. The number of H-pyrrole nitrogens is 1.